The minimum atomic E-state index is -0.901. The minimum Gasteiger partial charge on any atom is -0.374 e. The highest BCUT2D eigenvalue weighted by Crippen LogP contribution is 2.37. The number of piperidine rings is 1. The molecule has 2 aliphatic heterocycles. The van der Waals surface area contributed by atoms with Crippen LogP contribution < -0.4 is 5.32 Å². The van der Waals surface area contributed by atoms with Crippen molar-refractivity contribution in [1.82, 2.24) is 15.1 Å². The molecular formula is C37H39N3O3. The van der Waals surface area contributed by atoms with E-state index < -0.39 is 11.6 Å². The molecule has 4 aromatic rings. The Morgan fingerprint density at radius 2 is 1.23 bits per heavy atom. The fourth-order valence-corrected chi connectivity index (χ4v) is 6.50. The van der Waals surface area contributed by atoms with Crippen LogP contribution in [0.4, 0.5) is 0 Å². The lowest BCUT2D eigenvalue weighted by atomic mass is 9.80. The van der Waals surface area contributed by atoms with Crippen LogP contribution in [0.25, 0.3) is 0 Å². The van der Waals surface area contributed by atoms with Gasteiger partial charge in [0.1, 0.15) is 11.6 Å². The summed E-state index contributed by atoms with van der Waals surface area (Å²) in [6.45, 7) is 3.25. The summed E-state index contributed by atoms with van der Waals surface area (Å²) in [5.41, 5.74) is 3.64. The number of nitrogens with one attached hydrogen (secondary N) is 1. The first kappa shape index (κ1) is 28.8. The van der Waals surface area contributed by atoms with Crippen molar-refractivity contribution in [2.75, 3.05) is 26.2 Å². The molecule has 1 spiro atoms. The second kappa shape index (κ2) is 13.4. The van der Waals surface area contributed by atoms with Crippen molar-refractivity contribution >= 4 is 11.8 Å². The summed E-state index contributed by atoms with van der Waals surface area (Å²) in [6, 6.07) is 40.2. The highest BCUT2D eigenvalue weighted by atomic mass is 16.5. The molecule has 2 heterocycles. The first-order valence-electron chi connectivity index (χ1n) is 15.2. The van der Waals surface area contributed by atoms with Crippen LogP contribution in [-0.2, 0) is 27.5 Å². The van der Waals surface area contributed by atoms with Crippen LogP contribution in [0.3, 0.4) is 0 Å². The zero-order valence-corrected chi connectivity index (χ0v) is 24.5. The number of benzene rings is 4. The van der Waals surface area contributed by atoms with E-state index in [4.69, 9.17) is 4.74 Å². The number of carbonyl (C=O) groups is 2. The van der Waals surface area contributed by atoms with Gasteiger partial charge in [-0.25, -0.2) is 0 Å². The molecule has 0 aliphatic carbocycles. The maximum atomic E-state index is 14.4. The fourth-order valence-electron chi connectivity index (χ4n) is 6.50. The second-order valence-electron chi connectivity index (χ2n) is 11.6. The van der Waals surface area contributed by atoms with Gasteiger partial charge < -0.3 is 15.0 Å². The van der Waals surface area contributed by atoms with Crippen LogP contribution in [0.15, 0.2) is 121 Å². The topological polar surface area (TPSA) is 61.9 Å². The predicted octanol–water partition coefficient (Wildman–Crippen LogP) is 5.40. The number of likely N-dealkylation sites (tertiary alicyclic amines) is 1. The number of nitrogens with zero attached hydrogens (tertiary/aromatic N) is 2. The predicted molar refractivity (Wildman–Crippen MR) is 168 cm³/mol. The summed E-state index contributed by atoms with van der Waals surface area (Å²) in [4.78, 5) is 32.8. The molecule has 6 rings (SSSR count). The van der Waals surface area contributed by atoms with Crippen LogP contribution in [-0.4, -0.2) is 59.4 Å². The van der Waals surface area contributed by atoms with Gasteiger partial charge >= 0.3 is 0 Å². The van der Waals surface area contributed by atoms with E-state index in [-0.39, 0.29) is 24.3 Å². The molecule has 2 fully saturated rings. The van der Waals surface area contributed by atoms with Gasteiger partial charge in [0.15, 0.2) is 0 Å². The molecule has 0 aromatic heterocycles. The Hall–Kier alpha value is -4.26. The summed E-state index contributed by atoms with van der Waals surface area (Å²) in [5.74, 6) is -0.206. The van der Waals surface area contributed by atoms with Crippen molar-refractivity contribution in [1.29, 1.82) is 0 Å². The zero-order valence-electron chi connectivity index (χ0n) is 24.5. The van der Waals surface area contributed by atoms with Crippen molar-refractivity contribution in [2.45, 2.75) is 43.5 Å². The van der Waals surface area contributed by atoms with E-state index in [0.717, 1.165) is 36.3 Å². The average Bonchev–Trinajstić information content (AvgIpc) is 3.06. The lowest BCUT2D eigenvalue weighted by Gasteiger charge is -2.52. The van der Waals surface area contributed by atoms with Gasteiger partial charge in [0.05, 0.1) is 13.2 Å². The van der Waals surface area contributed by atoms with Gasteiger partial charge in [-0.15, -0.1) is 0 Å². The summed E-state index contributed by atoms with van der Waals surface area (Å²) in [5, 5.41) is 3.09. The maximum Gasteiger partial charge on any atom is 0.248 e. The van der Waals surface area contributed by atoms with Gasteiger partial charge in [-0.2, -0.15) is 0 Å². The van der Waals surface area contributed by atoms with Crippen LogP contribution in [0.1, 0.15) is 41.0 Å². The van der Waals surface area contributed by atoms with Gasteiger partial charge in [0.2, 0.25) is 11.8 Å². The van der Waals surface area contributed by atoms with Crippen LogP contribution >= 0.6 is 0 Å². The minimum absolute atomic E-state index is 0.0673. The lowest BCUT2D eigenvalue weighted by Crippen LogP contribution is -2.73. The van der Waals surface area contributed by atoms with E-state index in [2.05, 4.69) is 58.7 Å². The SMILES string of the molecule is O=C1C(COCc2ccccc2)NC(=O)C2(CCN(Cc3ccccc3)CC2)N1CC(c1ccccc1)c1ccccc1. The number of carbonyl (C=O) groups excluding carboxylic acids is 2. The van der Waals surface area contributed by atoms with Gasteiger partial charge in [-0.05, 0) is 35.1 Å². The Balaban J connectivity index is 1.27. The number of rotatable bonds is 10. The van der Waals surface area contributed by atoms with Crippen molar-refractivity contribution in [3.8, 4) is 0 Å². The third-order valence-electron chi connectivity index (χ3n) is 8.91. The number of ether oxygens (including phenoxy) is 1. The Kier molecular flexibility index (Phi) is 8.96. The van der Waals surface area contributed by atoms with Gasteiger partial charge in [0, 0.05) is 32.1 Å². The standard InChI is InChI=1S/C37H39N3O3/c41-35-34(28-43-27-30-15-7-2-8-16-30)38-36(42)37(21-23-39(24-22-37)25-29-13-5-1-6-14-29)40(35)26-33(31-17-9-3-10-18-31)32-19-11-4-12-20-32/h1-20,33-34H,21-28H2,(H,38,42). The second-order valence-corrected chi connectivity index (χ2v) is 11.6. The molecule has 1 N–H and O–H groups in total. The molecule has 0 radical (unpaired) electrons. The molecule has 2 amide bonds. The molecule has 1 atom stereocenters. The number of hydrogen-bond acceptors (Lipinski definition) is 4. The largest absolute Gasteiger partial charge is 0.374 e. The molecule has 220 valence electrons. The summed E-state index contributed by atoms with van der Waals surface area (Å²) >= 11 is 0. The average molecular weight is 574 g/mol. The van der Waals surface area contributed by atoms with E-state index in [1.54, 1.807) is 0 Å². The van der Waals surface area contributed by atoms with Gasteiger partial charge in [-0.3, -0.25) is 14.5 Å². The van der Waals surface area contributed by atoms with Crippen LogP contribution in [0.5, 0.6) is 0 Å². The molecule has 1 unspecified atom stereocenters. The van der Waals surface area contributed by atoms with Crippen LogP contribution in [0, 0.1) is 0 Å². The molecule has 0 bridgehead atoms. The molecule has 4 aromatic carbocycles. The van der Waals surface area contributed by atoms with Gasteiger partial charge in [0.25, 0.3) is 0 Å². The highest BCUT2D eigenvalue weighted by molar-refractivity contribution is 6.00. The summed E-state index contributed by atoms with van der Waals surface area (Å²) < 4.78 is 5.99. The van der Waals surface area contributed by atoms with E-state index in [9.17, 15) is 9.59 Å². The Morgan fingerprint density at radius 1 is 0.721 bits per heavy atom. The third-order valence-corrected chi connectivity index (χ3v) is 8.91. The van der Waals surface area contributed by atoms with E-state index >= 15 is 0 Å². The first-order chi connectivity index (χ1) is 21.1. The van der Waals surface area contributed by atoms with Crippen molar-refractivity contribution in [3.63, 3.8) is 0 Å². The Morgan fingerprint density at radius 3 is 1.79 bits per heavy atom. The molecular weight excluding hydrogens is 534 g/mol. The summed E-state index contributed by atoms with van der Waals surface area (Å²) in [7, 11) is 0. The Labute approximate surface area is 254 Å². The monoisotopic (exact) mass is 573 g/mol. The molecule has 6 heteroatoms. The lowest BCUT2D eigenvalue weighted by molar-refractivity contribution is -0.163. The van der Waals surface area contributed by atoms with Gasteiger partial charge in [-0.1, -0.05) is 121 Å². The third kappa shape index (κ3) is 6.56. The molecule has 6 nitrogen and oxygen atoms in total. The number of piperazine rings is 1. The smallest absolute Gasteiger partial charge is 0.248 e. The maximum absolute atomic E-state index is 14.4. The van der Waals surface area contributed by atoms with E-state index in [1.165, 1.54) is 5.56 Å². The quantitative estimate of drug-likeness (QED) is 0.276. The van der Waals surface area contributed by atoms with E-state index in [0.29, 0.717) is 26.0 Å². The van der Waals surface area contributed by atoms with E-state index in [1.807, 2.05) is 77.7 Å². The zero-order chi connectivity index (χ0) is 29.5. The fraction of sp³-hybridized carbons (Fsp3) is 0.297. The Bertz CT molecular complexity index is 1430. The molecule has 2 saturated heterocycles. The highest BCUT2D eigenvalue weighted by Gasteiger charge is 2.54. The first-order valence-corrected chi connectivity index (χ1v) is 15.2. The molecule has 43 heavy (non-hydrogen) atoms. The van der Waals surface area contributed by atoms with Crippen LogP contribution in [0.2, 0.25) is 0 Å². The molecule has 2 aliphatic rings. The number of amides is 2. The molecule has 0 saturated carbocycles. The van der Waals surface area contributed by atoms with Crippen molar-refractivity contribution < 1.29 is 14.3 Å². The summed E-state index contributed by atoms with van der Waals surface area (Å²) in [6.07, 6.45) is 1.18. The van der Waals surface area contributed by atoms with Crippen molar-refractivity contribution in [2.24, 2.45) is 0 Å². The normalized spacial score (nSPS) is 18.6. The number of hydrogen-bond donors (Lipinski definition) is 1. The van der Waals surface area contributed by atoms with Crippen molar-refractivity contribution in [3.05, 3.63) is 144 Å².